The molecule has 0 saturated carbocycles. The van der Waals surface area contributed by atoms with Crippen molar-refractivity contribution in [2.45, 2.75) is 38.7 Å². The second-order valence-corrected chi connectivity index (χ2v) is 4.13. The number of hydrogen-bond acceptors (Lipinski definition) is 5. The fourth-order valence-electron chi connectivity index (χ4n) is 1.44. The van der Waals surface area contributed by atoms with Crippen molar-refractivity contribution in [3.05, 3.63) is 0 Å². The second-order valence-electron chi connectivity index (χ2n) is 4.13. The average Bonchev–Trinajstić information content (AvgIpc) is 3.03. The number of rotatable bonds is 0. The molecule has 0 radical (unpaired) electrons. The van der Waals surface area contributed by atoms with Gasteiger partial charge >= 0.3 is 6.16 Å². The number of hydrogen-bond donors (Lipinski definition) is 0. The molecule has 1 atom stereocenters. The van der Waals surface area contributed by atoms with Gasteiger partial charge in [0.15, 0.2) is 0 Å². The molecule has 0 aromatic rings. The number of carbonyl (C=O) groups is 1. The molecular formula is C12H22O5. The molecule has 0 spiro atoms. The van der Waals surface area contributed by atoms with E-state index < -0.39 is 6.16 Å². The van der Waals surface area contributed by atoms with Gasteiger partial charge in [0.2, 0.25) is 0 Å². The summed E-state index contributed by atoms with van der Waals surface area (Å²) >= 11 is 0. The maximum Gasteiger partial charge on any atom is 0.508 e. The predicted octanol–water partition coefficient (Wildman–Crippen LogP) is 2.14. The van der Waals surface area contributed by atoms with Crippen molar-refractivity contribution in [2.24, 2.45) is 0 Å². The quantitative estimate of drug-likeness (QED) is 0.613. The SMILES string of the molecule is C1CCOC1.C1CCOC1.CC1COC(=O)O1. The highest BCUT2D eigenvalue weighted by atomic mass is 16.8. The molecule has 0 amide bonds. The summed E-state index contributed by atoms with van der Waals surface area (Å²) < 4.78 is 18.8. The Bertz CT molecular complexity index is 174. The van der Waals surface area contributed by atoms with Gasteiger partial charge in [0.05, 0.1) is 0 Å². The van der Waals surface area contributed by atoms with Crippen molar-refractivity contribution in [1.82, 2.24) is 0 Å². The van der Waals surface area contributed by atoms with E-state index in [0.717, 1.165) is 26.4 Å². The summed E-state index contributed by atoms with van der Waals surface area (Å²) in [5, 5.41) is 0. The summed E-state index contributed by atoms with van der Waals surface area (Å²) in [6.07, 6.45) is 4.51. The van der Waals surface area contributed by atoms with Gasteiger partial charge < -0.3 is 18.9 Å². The van der Waals surface area contributed by atoms with Gasteiger partial charge in [-0.05, 0) is 32.6 Å². The maximum absolute atomic E-state index is 10.0. The molecule has 3 aliphatic heterocycles. The van der Waals surface area contributed by atoms with Crippen LogP contribution in [0.15, 0.2) is 0 Å². The molecule has 3 heterocycles. The van der Waals surface area contributed by atoms with Gasteiger partial charge in [-0.3, -0.25) is 0 Å². The summed E-state index contributed by atoms with van der Waals surface area (Å²) in [4.78, 5) is 10.0. The minimum Gasteiger partial charge on any atom is -0.430 e. The van der Waals surface area contributed by atoms with Crippen molar-refractivity contribution in [3.8, 4) is 0 Å². The van der Waals surface area contributed by atoms with E-state index in [1.54, 1.807) is 6.92 Å². The molecule has 0 aromatic heterocycles. The summed E-state index contributed by atoms with van der Waals surface area (Å²) in [5.41, 5.74) is 0. The highest BCUT2D eigenvalue weighted by Crippen LogP contribution is 2.03. The zero-order chi connectivity index (χ0) is 12.3. The van der Waals surface area contributed by atoms with Gasteiger partial charge in [-0.1, -0.05) is 0 Å². The van der Waals surface area contributed by atoms with Crippen molar-refractivity contribution < 1.29 is 23.7 Å². The fourth-order valence-corrected chi connectivity index (χ4v) is 1.44. The monoisotopic (exact) mass is 246 g/mol. The lowest BCUT2D eigenvalue weighted by Gasteiger charge is -1.90. The van der Waals surface area contributed by atoms with Gasteiger partial charge in [0.25, 0.3) is 0 Å². The molecule has 0 N–H and O–H groups in total. The van der Waals surface area contributed by atoms with Crippen LogP contribution in [0.3, 0.4) is 0 Å². The van der Waals surface area contributed by atoms with E-state index in [-0.39, 0.29) is 6.10 Å². The lowest BCUT2D eigenvalue weighted by Crippen LogP contribution is -2.01. The first kappa shape index (κ1) is 14.3. The Balaban J connectivity index is 0.000000130. The van der Waals surface area contributed by atoms with Crippen molar-refractivity contribution in [2.75, 3.05) is 33.0 Å². The van der Waals surface area contributed by atoms with Crippen LogP contribution in [0.1, 0.15) is 32.6 Å². The summed E-state index contributed by atoms with van der Waals surface area (Å²) in [6, 6.07) is 0. The average molecular weight is 246 g/mol. The Morgan fingerprint density at radius 2 is 1.41 bits per heavy atom. The van der Waals surface area contributed by atoms with Crippen LogP contribution in [0.4, 0.5) is 4.79 Å². The van der Waals surface area contributed by atoms with Crippen molar-refractivity contribution in [1.29, 1.82) is 0 Å². The second kappa shape index (κ2) is 9.24. The van der Waals surface area contributed by atoms with Gasteiger partial charge in [-0.25, -0.2) is 4.79 Å². The van der Waals surface area contributed by atoms with E-state index >= 15 is 0 Å². The third kappa shape index (κ3) is 7.99. The van der Waals surface area contributed by atoms with E-state index in [1.807, 2.05) is 0 Å². The van der Waals surface area contributed by atoms with Crippen molar-refractivity contribution in [3.63, 3.8) is 0 Å². The normalized spacial score (nSPS) is 26.2. The van der Waals surface area contributed by atoms with Crippen LogP contribution in [-0.2, 0) is 18.9 Å². The van der Waals surface area contributed by atoms with Crippen LogP contribution in [0.25, 0.3) is 0 Å². The number of carbonyl (C=O) groups excluding carboxylic acids is 1. The Morgan fingerprint density at radius 1 is 0.941 bits per heavy atom. The maximum atomic E-state index is 10.0. The molecule has 1 unspecified atom stereocenters. The fraction of sp³-hybridized carbons (Fsp3) is 0.917. The van der Waals surface area contributed by atoms with E-state index in [0.29, 0.717) is 6.61 Å². The molecule has 3 saturated heterocycles. The van der Waals surface area contributed by atoms with Crippen LogP contribution in [0, 0.1) is 0 Å². The third-order valence-corrected chi connectivity index (χ3v) is 2.39. The standard InChI is InChI=1S/C4H6O3.2C4H8O/c1-3-2-6-4(5)7-3;2*1-2-4-5-3-1/h3H,2H2,1H3;2*1-4H2. The largest absolute Gasteiger partial charge is 0.508 e. The molecule has 0 aliphatic carbocycles. The summed E-state index contributed by atoms with van der Waals surface area (Å²) in [6.45, 7) is 6.18. The van der Waals surface area contributed by atoms with Gasteiger partial charge in [0, 0.05) is 26.4 Å². The lowest BCUT2D eigenvalue weighted by molar-refractivity contribution is 0.121. The number of cyclic esters (lactones) is 2. The van der Waals surface area contributed by atoms with Crippen LogP contribution in [0.5, 0.6) is 0 Å². The van der Waals surface area contributed by atoms with Crippen LogP contribution >= 0.6 is 0 Å². The minimum atomic E-state index is -0.549. The van der Waals surface area contributed by atoms with E-state index in [4.69, 9.17) is 9.47 Å². The highest BCUT2D eigenvalue weighted by Gasteiger charge is 2.19. The Morgan fingerprint density at radius 3 is 1.53 bits per heavy atom. The number of ether oxygens (including phenoxy) is 4. The third-order valence-electron chi connectivity index (χ3n) is 2.39. The van der Waals surface area contributed by atoms with Crippen LogP contribution in [-0.4, -0.2) is 45.3 Å². The van der Waals surface area contributed by atoms with Gasteiger partial charge in [-0.2, -0.15) is 0 Å². The van der Waals surface area contributed by atoms with Gasteiger partial charge in [-0.15, -0.1) is 0 Å². The summed E-state index contributed by atoms with van der Waals surface area (Å²) in [5.74, 6) is 0. The molecule has 0 bridgehead atoms. The van der Waals surface area contributed by atoms with Crippen LogP contribution in [0.2, 0.25) is 0 Å². The molecule has 3 rings (SSSR count). The van der Waals surface area contributed by atoms with Crippen molar-refractivity contribution >= 4 is 6.16 Å². The molecule has 3 aliphatic rings. The topological polar surface area (TPSA) is 54.0 Å². The molecule has 17 heavy (non-hydrogen) atoms. The first-order valence-corrected chi connectivity index (χ1v) is 6.28. The zero-order valence-electron chi connectivity index (χ0n) is 10.5. The first-order valence-electron chi connectivity index (χ1n) is 6.28. The first-order chi connectivity index (χ1) is 8.29. The minimum absolute atomic E-state index is 0.0486. The van der Waals surface area contributed by atoms with E-state index in [9.17, 15) is 4.79 Å². The Hall–Kier alpha value is -0.810. The lowest BCUT2D eigenvalue weighted by atomic mass is 10.4. The van der Waals surface area contributed by atoms with E-state index in [2.05, 4.69) is 9.47 Å². The molecule has 0 aromatic carbocycles. The van der Waals surface area contributed by atoms with Gasteiger partial charge in [0.1, 0.15) is 12.7 Å². The molecule has 5 nitrogen and oxygen atoms in total. The summed E-state index contributed by atoms with van der Waals surface area (Å²) in [7, 11) is 0. The molecule has 100 valence electrons. The molecular weight excluding hydrogens is 224 g/mol. The molecule has 3 fully saturated rings. The van der Waals surface area contributed by atoms with Crippen LogP contribution < -0.4 is 0 Å². The highest BCUT2D eigenvalue weighted by molar-refractivity contribution is 5.61. The predicted molar refractivity (Wildman–Crippen MR) is 62.0 cm³/mol. The smallest absolute Gasteiger partial charge is 0.430 e. The van der Waals surface area contributed by atoms with E-state index in [1.165, 1.54) is 25.7 Å². The Labute approximate surface area is 102 Å². The Kier molecular flexibility index (Phi) is 7.75. The molecule has 5 heteroatoms. The zero-order valence-corrected chi connectivity index (χ0v) is 10.5.